The molecule has 1 amide bonds. The van der Waals surface area contributed by atoms with Gasteiger partial charge >= 0.3 is 0 Å². The Morgan fingerprint density at radius 3 is 2.56 bits per heavy atom. The lowest BCUT2D eigenvalue weighted by atomic mass is 10.2. The number of carbonyl (C=O) groups excluding carboxylic acids is 1. The normalized spacial score (nSPS) is 9.44. The molecule has 0 aliphatic rings. The number of nitrogens with zero attached hydrogens (tertiary/aromatic N) is 2. The molecule has 0 unspecified atom stereocenters. The van der Waals surface area contributed by atoms with E-state index >= 15 is 0 Å². The van der Waals surface area contributed by atoms with E-state index in [1.54, 1.807) is 0 Å². The van der Waals surface area contributed by atoms with Crippen LogP contribution in [-0.4, -0.2) is 15.9 Å². The monoisotopic (exact) mass is 217 g/mol. The number of rotatable bonds is 1. The molecule has 0 saturated carbocycles. The smallest absolute Gasteiger partial charge is 0.268 e. The highest BCUT2D eigenvalue weighted by atomic mass is 16.1. The number of benzene rings is 1. The Kier molecular flexibility index (Phi) is 3.94. The molecule has 2 rings (SSSR count). The predicted octanol–water partition coefficient (Wildman–Crippen LogP) is 2.06. The quantitative estimate of drug-likeness (QED) is 0.794. The zero-order chi connectivity index (χ0) is 12.1. The molecule has 84 valence electrons. The van der Waals surface area contributed by atoms with E-state index < -0.39 is 5.91 Å². The Bertz CT molecular complexity index is 509. The van der Waals surface area contributed by atoms with Crippen molar-refractivity contribution in [3.8, 4) is 0 Å². The molecule has 1 aromatic heterocycles. The zero-order valence-corrected chi connectivity index (χ0v) is 9.69. The van der Waals surface area contributed by atoms with Crippen molar-refractivity contribution in [2.75, 3.05) is 0 Å². The summed E-state index contributed by atoms with van der Waals surface area (Å²) < 4.78 is 0. The van der Waals surface area contributed by atoms with Crippen LogP contribution >= 0.6 is 0 Å². The largest absolute Gasteiger partial charge is 0.364 e. The summed E-state index contributed by atoms with van der Waals surface area (Å²) in [5.41, 5.74) is 7.86. The molecule has 0 fully saturated rings. The minimum Gasteiger partial charge on any atom is -0.364 e. The maximum Gasteiger partial charge on any atom is 0.268 e. The minimum absolute atomic E-state index is 0.196. The average molecular weight is 217 g/mol. The number of hydrogen-bond acceptors (Lipinski definition) is 3. The lowest BCUT2D eigenvalue weighted by molar-refractivity contribution is 0.0995. The first-order valence-corrected chi connectivity index (χ1v) is 5.20. The topological polar surface area (TPSA) is 68.9 Å². The van der Waals surface area contributed by atoms with E-state index in [0.717, 1.165) is 11.1 Å². The van der Waals surface area contributed by atoms with Crippen LogP contribution in [0.2, 0.25) is 0 Å². The van der Waals surface area contributed by atoms with Gasteiger partial charge in [-0.1, -0.05) is 19.9 Å². The fourth-order valence-electron chi connectivity index (χ4n) is 1.24. The van der Waals surface area contributed by atoms with E-state index in [1.165, 1.54) is 6.20 Å². The zero-order valence-electron chi connectivity index (χ0n) is 9.69. The molecule has 0 spiro atoms. The van der Waals surface area contributed by atoms with Crippen LogP contribution < -0.4 is 5.73 Å². The molecule has 0 saturated heterocycles. The van der Waals surface area contributed by atoms with Crippen LogP contribution in [0.1, 0.15) is 29.9 Å². The van der Waals surface area contributed by atoms with Gasteiger partial charge in [-0.2, -0.15) is 0 Å². The van der Waals surface area contributed by atoms with Crippen LogP contribution in [0, 0.1) is 6.92 Å². The molecule has 0 radical (unpaired) electrons. The van der Waals surface area contributed by atoms with E-state index in [9.17, 15) is 4.79 Å². The second-order valence-electron chi connectivity index (χ2n) is 3.11. The second-order valence-corrected chi connectivity index (χ2v) is 3.11. The molecule has 4 heteroatoms. The summed E-state index contributed by atoms with van der Waals surface area (Å²) in [5, 5.41) is 0. The summed E-state index contributed by atoms with van der Waals surface area (Å²) in [6.45, 7) is 5.98. The van der Waals surface area contributed by atoms with Crippen molar-refractivity contribution in [1.82, 2.24) is 9.97 Å². The van der Waals surface area contributed by atoms with Crippen LogP contribution in [-0.2, 0) is 0 Å². The summed E-state index contributed by atoms with van der Waals surface area (Å²) in [4.78, 5) is 19.0. The summed E-state index contributed by atoms with van der Waals surface area (Å²) >= 11 is 0. The van der Waals surface area contributed by atoms with Gasteiger partial charge in [-0.3, -0.25) is 9.78 Å². The Balaban J connectivity index is 0.000000606. The molecule has 2 N–H and O–H groups in total. The van der Waals surface area contributed by atoms with Crippen LogP contribution in [0.15, 0.2) is 24.4 Å². The molecular weight excluding hydrogens is 202 g/mol. The first-order valence-electron chi connectivity index (χ1n) is 5.20. The van der Waals surface area contributed by atoms with Gasteiger partial charge in [0.1, 0.15) is 5.69 Å². The van der Waals surface area contributed by atoms with Gasteiger partial charge in [0.05, 0.1) is 17.2 Å². The molecule has 0 aliphatic carbocycles. The molecular formula is C12H15N3O. The van der Waals surface area contributed by atoms with Gasteiger partial charge < -0.3 is 5.73 Å². The molecule has 1 aromatic carbocycles. The molecule has 0 aliphatic heterocycles. The van der Waals surface area contributed by atoms with Crippen LogP contribution in [0.25, 0.3) is 11.0 Å². The highest BCUT2D eigenvalue weighted by Crippen LogP contribution is 2.11. The lowest BCUT2D eigenvalue weighted by Gasteiger charge is -1.99. The van der Waals surface area contributed by atoms with E-state index in [-0.39, 0.29) is 5.69 Å². The highest BCUT2D eigenvalue weighted by Gasteiger charge is 2.04. The average Bonchev–Trinajstić information content (AvgIpc) is 2.30. The third kappa shape index (κ3) is 2.53. The fraction of sp³-hybridized carbons (Fsp3) is 0.250. The van der Waals surface area contributed by atoms with Gasteiger partial charge in [0.2, 0.25) is 0 Å². The van der Waals surface area contributed by atoms with Crippen molar-refractivity contribution < 1.29 is 4.79 Å². The lowest BCUT2D eigenvalue weighted by Crippen LogP contribution is -2.13. The number of primary amides is 1. The van der Waals surface area contributed by atoms with Crippen molar-refractivity contribution in [2.45, 2.75) is 20.8 Å². The van der Waals surface area contributed by atoms with Crippen LogP contribution in [0.4, 0.5) is 0 Å². The highest BCUT2D eigenvalue weighted by molar-refractivity contribution is 5.92. The van der Waals surface area contributed by atoms with Crippen molar-refractivity contribution in [1.29, 1.82) is 0 Å². The second kappa shape index (κ2) is 5.21. The molecule has 1 heterocycles. The van der Waals surface area contributed by atoms with Gasteiger partial charge in [0, 0.05) is 0 Å². The first kappa shape index (κ1) is 12.1. The Hall–Kier alpha value is -1.97. The Labute approximate surface area is 94.5 Å². The third-order valence-corrected chi connectivity index (χ3v) is 1.95. The predicted molar refractivity (Wildman–Crippen MR) is 64.1 cm³/mol. The van der Waals surface area contributed by atoms with Crippen LogP contribution in [0.5, 0.6) is 0 Å². The van der Waals surface area contributed by atoms with Crippen LogP contribution in [0.3, 0.4) is 0 Å². The van der Waals surface area contributed by atoms with Crippen molar-refractivity contribution in [3.63, 3.8) is 0 Å². The van der Waals surface area contributed by atoms with Crippen molar-refractivity contribution in [2.24, 2.45) is 5.73 Å². The SMILES string of the molecule is CC.Cc1ccc2nc(C(N)=O)cnc2c1. The van der Waals surface area contributed by atoms with Gasteiger partial charge in [-0.05, 0) is 24.6 Å². The maximum absolute atomic E-state index is 10.8. The summed E-state index contributed by atoms with van der Waals surface area (Å²) in [5.74, 6) is -0.556. The fourth-order valence-corrected chi connectivity index (χ4v) is 1.24. The number of fused-ring (bicyclic) bond motifs is 1. The van der Waals surface area contributed by atoms with Crippen molar-refractivity contribution in [3.05, 3.63) is 35.7 Å². The Morgan fingerprint density at radius 1 is 1.25 bits per heavy atom. The standard InChI is InChI=1S/C10H9N3O.C2H6/c1-6-2-3-7-8(4-6)12-5-9(13-7)10(11)14;1-2/h2-5H,1H3,(H2,11,14);1-2H3. The maximum atomic E-state index is 10.8. The van der Waals surface area contributed by atoms with E-state index in [4.69, 9.17) is 5.73 Å². The molecule has 0 bridgehead atoms. The van der Waals surface area contributed by atoms with Gasteiger partial charge in [-0.25, -0.2) is 4.98 Å². The summed E-state index contributed by atoms with van der Waals surface area (Å²) in [6.07, 6.45) is 1.39. The summed E-state index contributed by atoms with van der Waals surface area (Å²) in [6, 6.07) is 5.65. The number of hydrogen-bond donors (Lipinski definition) is 1. The van der Waals surface area contributed by atoms with E-state index in [1.807, 2.05) is 39.0 Å². The molecule has 4 nitrogen and oxygen atoms in total. The van der Waals surface area contributed by atoms with Gasteiger partial charge in [-0.15, -0.1) is 0 Å². The number of aryl methyl sites for hydroxylation is 1. The first-order chi connectivity index (χ1) is 7.66. The molecule has 0 atom stereocenters. The van der Waals surface area contributed by atoms with E-state index in [2.05, 4.69) is 9.97 Å². The molecule has 2 aromatic rings. The number of aromatic nitrogens is 2. The third-order valence-electron chi connectivity index (χ3n) is 1.95. The molecule has 16 heavy (non-hydrogen) atoms. The minimum atomic E-state index is -0.556. The number of amides is 1. The summed E-state index contributed by atoms with van der Waals surface area (Å²) in [7, 11) is 0. The van der Waals surface area contributed by atoms with E-state index in [0.29, 0.717) is 5.52 Å². The Morgan fingerprint density at radius 2 is 1.94 bits per heavy atom. The number of nitrogens with two attached hydrogens (primary N) is 1. The van der Waals surface area contributed by atoms with Gasteiger partial charge in [0.25, 0.3) is 5.91 Å². The van der Waals surface area contributed by atoms with Crippen molar-refractivity contribution >= 4 is 16.9 Å². The van der Waals surface area contributed by atoms with Gasteiger partial charge in [0.15, 0.2) is 0 Å². The number of carbonyl (C=O) groups is 1.